The lowest BCUT2D eigenvalue weighted by atomic mass is 10.1. The number of nitrogens with two attached hydrogens (primary N) is 1. The van der Waals surface area contributed by atoms with Crippen LogP contribution >= 0.6 is 0 Å². The second-order valence-corrected chi connectivity index (χ2v) is 4.06. The van der Waals surface area contributed by atoms with E-state index in [1.165, 1.54) is 0 Å². The number of benzene rings is 1. The number of aromatic nitrogens is 2. The number of aryl methyl sites for hydroxylation is 1. The first-order chi connectivity index (χ1) is 8.61. The summed E-state index contributed by atoms with van der Waals surface area (Å²) in [6, 6.07) is 6.94. The van der Waals surface area contributed by atoms with E-state index in [9.17, 15) is 9.59 Å². The second-order valence-electron chi connectivity index (χ2n) is 4.06. The molecular weight excluding hydrogens is 230 g/mol. The Morgan fingerprint density at radius 1 is 1.17 bits per heavy atom. The number of nitrogens with zero attached hydrogens (tertiary/aromatic N) is 2. The van der Waals surface area contributed by atoms with Crippen LogP contribution in [0, 0.1) is 0 Å². The Kier molecular flexibility index (Phi) is 3.32. The number of primary amides is 1. The summed E-state index contributed by atoms with van der Waals surface area (Å²) in [6.07, 6.45) is 3.52. The second kappa shape index (κ2) is 4.91. The van der Waals surface area contributed by atoms with E-state index in [0.29, 0.717) is 18.7 Å². The molecule has 1 heterocycles. The molecule has 2 aromatic rings. The molecule has 1 amide bonds. The van der Waals surface area contributed by atoms with Crippen LogP contribution in [-0.2, 0) is 13.1 Å². The molecule has 0 aliphatic rings. The van der Waals surface area contributed by atoms with Crippen molar-refractivity contribution >= 4 is 5.91 Å². The molecule has 2 rings (SSSR count). The van der Waals surface area contributed by atoms with E-state index in [0.717, 1.165) is 5.56 Å². The molecule has 94 valence electrons. The van der Waals surface area contributed by atoms with Gasteiger partial charge in [-0.1, -0.05) is 12.1 Å². The Morgan fingerprint density at radius 2 is 1.78 bits per heavy atom. The van der Waals surface area contributed by atoms with Crippen molar-refractivity contribution in [3.63, 3.8) is 0 Å². The fraction of sp³-hybridized carbons (Fsp3) is 0.231. The monoisotopic (exact) mass is 245 g/mol. The van der Waals surface area contributed by atoms with Gasteiger partial charge in [-0.25, -0.2) is 4.79 Å². The van der Waals surface area contributed by atoms with E-state index >= 15 is 0 Å². The van der Waals surface area contributed by atoms with Gasteiger partial charge in [-0.15, -0.1) is 0 Å². The lowest BCUT2D eigenvalue weighted by molar-refractivity contribution is 0.100. The van der Waals surface area contributed by atoms with Crippen molar-refractivity contribution < 1.29 is 4.79 Å². The highest BCUT2D eigenvalue weighted by Gasteiger charge is 2.04. The average molecular weight is 245 g/mol. The molecule has 0 aliphatic carbocycles. The first-order valence-corrected chi connectivity index (χ1v) is 5.76. The summed E-state index contributed by atoms with van der Waals surface area (Å²) in [5.74, 6) is -0.448. The first kappa shape index (κ1) is 12.2. The average Bonchev–Trinajstić information content (AvgIpc) is 2.71. The number of carbonyl (C=O) groups is 1. The Morgan fingerprint density at radius 3 is 2.28 bits per heavy atom. The molecule has 2 N–H and O–H groups in total. The molecule has 0 radical (unpaired) electrons. The van der Waals surface area contributed by atoms with Gasteiger partial charge < -0.3 is 5.73 Å². The normalized spacial score (nSPS) is 10.5. The van der Waals surface area contributed by atoms with Crippen molar-refractivity contribution in [1.29, 1.82) is 0 Å². The molecule has 5 heteroatoms. The summed E-state index contributed by atoms with van der Waals surface area (Å²) in [6.45, 7) is 3.07. The van der Waals surface area contributed by atoms with Gasteiger partial charge in [0.25, 0.3) is 0 Å². The van der Waals surface area contributed by atoms with Gasteiger partial charge in [0, 0.05) is 24.5 Å². The summed E-state index contributed by atoms with van der Waals surface area (Å²) < 4.78 is 3.26. The van der Waals surface area contributed by atoms with Crippen molar-refractivity contribution in [3.8, 4) is 0 Å². The number of hydrogen-bond acceptors (Lipinski definition) is 2. The molecular formula is C13H15N3O2. The Bertz CT molecular complexity index is 608. The highest BCUT2D eigenvalue weighted by molar-refractivity contribution is 5.92. The summed E-state index contributed by atoms with van der Waals surface area (Å²) in [5.41, 5.74) is 6.56. The van der Waals surface area contributed by atoms with Gasteiger partial charge in [-0.3, -0.25) is 13.9 Å². The zero-order valence-corrected chi connectivity index (χ0v) is 10.2. The molecule has 1 aromatic heterocycles. The molecule has 0 fully saturated rings. The Balaban J connectivity index is 2.21. The van der Waals surface area contributed by atoms with E-state index in [1.54, 1.807) is 45.8 Å². The van der Waals surface area contributed by atoms with Crippen molar-refractivity contribution in [2.75, 3.05) is 0 Å². The molecule has 0 spiro atoms. The van der Waals surface area contributed by atoms with Crippen LogP contribution in [0.4, 0.5) is 0 Å². The van der Waals surface area contributed by atoms with Gasteiger partial charge in [0.2, 0.25) is 5.91 Å². The zero-order valence-electron chi connectivity index (χ0n) is 10.2. The predicted molar refractivity (Wildman–Crippen MR) is 68.4 cm³/mol. The molecule has 0 atom stereocenters. The standard InChI is InChI=1S/C13H15N3O2/c1-2-15-7-8-16(13(15)18)9-10-3-5-11(6-4-10)12(14)17/h3-8H,2,9H2,1H3,(H2,14,17). The summed E-state index contributed by atoms with van der Waals surface area (Å²) in [5, 5.41) is 0. The van der Waals surface area contributed by atoms with Crippen molar-refractivity contribution in [3.05, 3.63) is 58.3 Å². The maximum absolute atomic E-state index is 11.8. The predicted octanol–water partition coefficient (Wildman–Crippen LogP) is 0.817. The summed E-state index contributed by atoms with van der Waals surface area (Å²) in [7, 11) is 0. The lowest BCUT2D eigenvalue weighted by Gasteiger charge is -2.03. The fourth-order valence-electron chi connectivity index (χ4n) is 1.79. The van der Waals surface area contributed by atoms with Crippen molar-refractivity contribution in [1.82, 2.24) is 9.13 Å². The van der Waals surface area contributed by atoms with Gasteiger partial charge in [0.1, 0.15) is 0 Å². The van der Waals surface area contributed by atoms with Gasteiger partial charge >= 0.3 is 5.69 Å². The minimum Gasteiger partial charge on any atom is -0.366 e. The van der Waals surface area contributed by atoms with Crippen molar-refractivity contribution in [2.24, 2.45) is 5.73 Å². The van der Waals surface area contributed by atoms with Crippen molar-refractivity contribution in [2.45, 2.75) is 20.0 Å². The highest BCUT2D eigenvalue weighted by Crippen LogP contribution is 2.05. The van der Waals surface area contributed by atoms with Crippen LogP contribution in [-0.4, -0.2) is 15.0 Å². The van der Waals surface area contributed by atoms with Crippen LogP contribution in [0.3, 0.4) is 0 Å². The van der Waals surface area contributed by atoms with E-state index in [1.807, 2.05) is 6.92 Å². The van der Waals surface area contributed by atoms with E-state index in [4.69, 9.17) is 5.73 Å². The molecule has 0 saturated heterocycles. The van der Waals surface area contributed by atoms with Crippen LogP contribution in [0.5, 0.6) is 0 Å². The third kappa shape index (κ3) is 2.34. The number of hydrogen-bond donors (Lipinski definition) is 1. The Labute approximate surface area is 104 Å². The SMILES string of the molecule is CCn1ccn(Cc2ccc(C(N)=O)cc2)c1=O. The highest BCUT2D eigenvalue weighted by atomic mass is 16.2. The fourth-order valence-corrected chi connectivity index (χ4v) is 1.79. The number of rotatable bonds is 4. The first-order valence-electron chi connectivity index (χ1n) is 5.76. The number of carbonyl (C=O) groups excluding carboxylic acids is 1. The lowest BCUT2D eigenvalue weighted by Crippen LogP contribution is -2.23. The van der Waals surface area contributed by atoms with Crippen LogP contribution in [0.25, 0.3) is 0 Å². The number of amides is 1. The van der Waals surface area contributed by atoms with Gasteiger partial charge in [0.15, 0.2) is 0 Å². The van der Waals surface area contributed by atoms with E-state index in [-0.39, 0.29) is 5.69 Å². The van der Waals surface area contributed by atoms with Gasteiger partial charge in [-0.2, -0.15) is 0 Å². The third-order valence-electron chi connectivity index (χ3n) is 2.85. The molecule has 0 unspecified atom stereocenters. The maximum atomic E-state index is 11.8. The molecule has 0 saturated carbocycles. The minimum atomic E-state index is -0.448. The molecule has 18 heavy (non-hydrogen) atoms. The quantitative estimate of drug-likeness (QED) is 0.866. The number of imidazole rings is 1. The summed E-state index contributed by atoms with van der Waals surface area (Å²) >= 11 is 0. The topological polar surface area (TPSA) is 70.0 Å². The van der Waals surface area contributed by atoms with Crippen LogP contribution in [0.2, 0.25) is 0 Å². The minimum absolute atomic E-state index is 0.0310. The smallest absolute Gasteiger partial charge is 0.328 e. The molecule has 0 bridgehead atoms. The van der Waals surface area contributed by atoms with Gasteiger partial charge in [-0.05, 0) is 24.6 Å². The van der Waals surface area contributed by atoms with Crippen LogP contribution < -0.4 is 11.4 Å². The third-order valence-corrected chi connectivity index (χ3v) is 2.85. The molecule has 0 aliphatic heterocycles. The molecule has 1 aromatic carbocycles. The summed E-state index contributed by atoms with van der Waals surface area (Å²) in [4.78, 5) is 22.8. The zero-order chi connectivity index (χ0) is 13.1. The van der Waals surface area contributed by atoms with E-state index in [2.05, 4.69) is 0 Å². The van der Waals surface area contributed by atoms with Crippen LogP contribution in [0.15, 0.2) is 41.5 Å². The Hall–Kier alpha value is -2.30. The van der Waals surface area contributed by atoms with Crippen LogP contribution in [0.1, 0.15) is 22.8 Å². The van der Waals surface area contributed by atoms with E-state index < -0.39 is 5.91 Å². The maximum Gasteiger partial charge on any atom is 0.328 e. The molecule has 5 nitrogen and oxygen atoms in total. The largest absolute Gasteiger partial charge is 0.366 e. The van der Waals surface area contributed by atoms with Gasteiger partial charge in [0.05, 0.1) is 6.54 Å².